The first-order valence-electron chi connectivity index (χ1n) is 6.14. The third kappa shape index (κ3) is 8.13. The lowest BCUT2D eigenvalue weighted by Gasteiger charge is -2.18. The molecule has 118 valence electrons. The number of anilines is 1. The Morgan fingerprint density at radius 3 is 2.43 bits per heavy atom. The van der Waals surface area contributed by atoms with Crippen LogP contribution >= 0.6 is 0 Å². The van der Waals surface area contributed by atoms with Gasteiger partial charge >= 0.3 is 6.18 Å². The number of rotatable bonds is 5. The molecule has 0 unspecified atom stereocenters. The number of ether oxygens (including phenoxy) is 2. The van der Waals surface area contributed by atoms with Gasteiger partial charge in [-0.05, 0) is 26.8 Å². The molecule has 1 heterocycles. The zero-order valence-corrected chi connectivity index (χ0v) is 12.0. The molecule has 0 saturated carbocycles. The third-order valence-electron chi connectivity index (χ3n) is 2.04. The SMILES string of the molecule is CC(C)(C)OCC(=O)Nc1ccc(OCC(F)(F)F)nc1. The summed E-state index contributed by atoms with van der Waals surface area (Å²) in [6, 6.07) is 2.64. The van der Waals surface area contributed by atoms with E-state index in [1.807, 2.05) is 20.8 Å². The van der Waals surface area contributed by atoms with Crippen molar-refractivity contribution in [3.05, 3.63) is 18.3 Å². The highest BCUT2D eigenvalue weighted by molar-refractivity contribution is 5.91. The molecule has 21 heavy (non-hydrogen) atoms. The minimum Gasteiger partial charge on any atom is -0.468 e. The summed E-state index contributed by atoms with van der Waals surface area (Å²) in [5, 5.41) is 2.51. The highest BCUT2D eigenvalue weighted by Gasteiger charge is 2.28. The Kier molecular flexibility index (Phi) is 5.54. The molecule has 0 aromatic carbocycles. The zero-order valence-electron chi connectivity index (χ0n) is 12.0. The van der Waals surface area contributed by atoms with Gasteiger partial charge in [0.25, 0.3) is 0 Å². The van der Waals surface area contributed by atoms with Crippen LogP contribution in [0.3, 0.4) is 0 Å². The van der Waals surface area contributed by atoms with Gasteiger partial charge in [-0.25, -0.2) is 4.98 Å². The van der Waals surface area contributed by atoms with Gasteiger partial charge in [0.05, 0.1) is 17.5 Å². The smallest absolute Gasteiger partial charge is 0.422 e. The van der Waals surface area contributed by atoms with Crippen molar-refractivity contribution in [2.45, 2.75) is 32.5 Å². The third-order valence-corrected chi connectivity index (χ3v) is 2.04. The van der Waals surface area contributed by atoms with E-state index in [4.69, 9.17) is 4.74 Å². The lowest BCUT2D eigenvalue weighted by atomic mass is 10.2. The maximum atomic E-state index is 11.9. The van der Waals surface area contributed by atoms with Crippen LogP contribution in [0.1, 0.15) is 20.8 Å². The van der Waals surface area contributed by atoms with Crippen LogP contribution in [0.15, 0.2) is 18.3 Å². The maximum absolute atomic E-state index is 11.9. The van der Waals surface area contributed by atoms with Crippen LogP contribution in [0.2, 0.25) is 0 Å². The highest BCUT2D eigenvalue weighted by Crippen LogP contribution is 2.18. The van der Waals surface area contributed by atoms with Crippen molar-refractivity contribution in [1.29, 1.82) is 0 Å². The van der Waals surface area contributed by atoms with Gasteiger partial charge in [0, 0.05) is 6.07 Å². The van der Waals surface area contributed by atoms with Crippen LogP contribution in [0.25, 0.3) is 0 Å². The van der Waals surface area contributed by atoms with Gasteiger partial charge in [-0.1, -0.05) is 0 Å². The van der Waals surface area contributed by atoms with Crippen LogP contribution in [0.5, 0.6) is 5.88 Å². The minimum absolute atomic E-state index is 0.129. The van der Waals surface area contributed by atoms with E-state index < -0.39 is 18.4 Å². The molecule has 0 spiro atoms. The fourth-order valence-corrected chi connectivity index (χ4v) is 1.17. The Bertz CT molecular complexity index is 467. The van der Waals surface area contributed by atoms with Gasteiger partial charge in [-0.2, -0.15) is 13.2 Å². The molecule has 1 rings (SSSR count). The molecule has 0 atom stereocenters. The lowest BCUT2D eigenvalue weighted by molar-refractivity contribution is -0.154. The second kappa shape index (κ2) is 6.75. The average Bonchev–Trinajstić information content (AvgIpc) is 2.34. The summed E-state index contributed by atoms with van der Waals surface area (Å²) < 4.78 is 45.6. The number of pyridine rings is 1. The van der Waals surface area contributed by atoms with Gasteiger partial charge in [-0.15, -0.1) is 0 Å². The number of amides is 1. The van der Waals surface area contributed by atoms with Crippen molar-refractivity contribution in [3.63, 3.8) is 0 Å². The van der Waals surface area contributed by atoms with E-state index in [9.17, 15) is 18.0 Å². The first-order valence-corrected chi connectivity index (χ1v) is 6.14. The average molecular weight is 306 g/mol. The molecule has 1 amide bonds. The summed E-state index contributed by atoms with van der Waals surface area (Å²) in [7, 11) is 0. The summed E-state index contributed by atoms with van der Waals surface area (Å²) in [6.07, 6.45) is -3.21. The standard InChI is InChI=1S/C13H17F3N2O3/c1-12(2,3)21-7-10(19)18-9-4-5-11(17-6-9)20-8-13(14,15)16/h4-6H,7-8H2,1-3H3,(H,18,19). The number of hydrogen-bond acceptors (Lipinski definition) is 4. The number of nitrogens with zero attached hydrogens (tertiary/aromatic N) is 1. The van der Waals surface area contributed by atoms with E-state index in [0.29, 0.717) is 5.69 Å². The molecule has 0 bridgehead atoms. The van der Waals surface area contributed by atoms with E-state index in [2.05, 4.69) is 15.0 Å². The molecule has 0 aliphatic rings. The second-order valence-electron chi connectivity index (χ2n) is 5.24. The summed E-state index contributed by atoms with van der Waals surface area (Å²) in [4.78, 5) is 15.2. The van der Waals surface area contributed by atoms with Crippen molar-refractivity contribution in [2.24, 2.45) is 0 Å². The number of halogens is 3. The normalized spacial score (nSPS) is 12.1. The molecule has 5 nitrogen and oxygen atoms in total. The molecular weight excluding hydrogens is 289 g/mol. The lowest BCUT2D eigenvalue weighted by Crippen LogP contribution is -2.27. The molecule has 0 radical (unpaired) electrons. The first-order chi connectivity index (χ1) is 9.55. The number of carbonyl (C=O) groups is 1. The van der Waals surface area contributed by atoms with Crippen molar-refractivity contribution in [3.8, 4) is 5.88 Å². The minimum atomic E-state index is -4.42. The Morgan fingerprint density at radius 1 is 1.29 bits per heavy atom. The quantitative estimate of drug-likeness (QED) is 0.908. The van der Waals surface area contributed by atoms with Gasteiger partial charge in [0.15, 0.2) is 6.61 Å². The van der Waals surface area contributed by atoms with Gasteiger partial charge in [-0.3, -0.25) is 4.79 Å². The monoisotopic (exact) mass is 306 g/mol. The van der Waals surface area contributed by atoms with Crippen LogP contribution in [0, 0.1) is 0 Å². The predicted octanol–water partition coefficient (Wildman–Crippen LogP) is 2.78. The summed E-state index contributed by atoms with van der Waals surface area (Å²) in [5.74, 6) is -0.549. The molecule has 0 aliphatic carbocycles. The summed E-state index contributed by atoms with van der Waals surface area (Å²) in [6.45, 7) is 3.90. The van der Waals surface area contributed by atoms with E-state index in [0.717, 1.165) is 0 Å². The van der Waals surface area contributed by atoms with E-state index in [1.165, 1.54) is 18.3 Å². The van der Waals surface area contributed by atoms with Gasteiger partial charge in [0.2, 0.25) is 11.8 Å². The Labute approximate surface area is 120 Å². The number of aromatic nitrogens is 1. The highest BCUT2D eigenvalue weighted by atomic mass is 19.4. The Hall–Kier alpha value is -1.83. The van der Waals surface area contributed by atoms with Crippen LogP contribution in [-0.2, 0) is 9.53 Å². The first kappa shape index (κ1) is 17.2. The molecule has 0 fully saturated rings. The number of hydrogen-bond donors (Lipinski definition) is 1. The van der Waals surface area contributed by atoms with Gasteiger partial charge in [0.1, 0.15) is 6.61 Å². The number of alkyl halides is 3. The molecule has 1 aromatic rings. The number of carbonyl (C=O) groups excluding carboxylic acids is 1. The van der Waals surface area contributed by atoms with E-state index in [-0.39, 0.29) is 18.4 Å². The number of nitrogens with one attached hydrogen (secondary N) is 1. The predicted molar refractivity (Wildman–Crippen MR) is 70.1 cm³/mol. The Morgan fingerprint density at radius 2 is 1.95 bits per heavy atom. The van der Waals surface area contributed by atoms with Crippen molar-refractivity contribution < 1.29 is 27.4 Å². The van der Waals surface area contributed by atoms with E-state index in [1.54, 1.807) is 0 Å². The molecule has 1 aromatic heterocycles. The van der Waals surface area contributed by atoms with Crippen molar-refractivity contribution in [2.75, 3.05) is 18.5 Å². The maximum Gasteiger partial charge on any atom is 0.422 e. The van der Waals surface area contributed by atoms with E-state index >= 15 is 0 Å². The van der Waals surface area contributed by atoms with Crippen LogP contribution in [0.4, 0.5) is 18.9 Å². The fourth-order valence-electron chi connectivity index (χ4n) is 1.17. The van der Waals surface area contributed by atoms with Crippen molar-refractivity contribution >= 4 is 11.6 Å². The molecule has 0 aliphatic heterocycles. The summed E-state index contributed by atoms with van der Waals surface area (Å²) >= 11 is 0. The largest absolute Gasteiger partial charge is 0.468 e. The second-order valence-corrected chi connectivity index (χ2v) is 5.24. The molecule has 8 heteroatoms. The van der Waals surface area contributed by atoms with Crippen LogP contribution in [-0.4, -0.2) is 35.9 Å². The van der Waals surface area contributed by atoms with Crippen molar-refractivity contribution in [1.82, 2.24) is 4.98 Å². The Balaban J connectivity index is 2.45. The molecule has 1 N–H and O–H groups in total. The van der Waals surface area contributed by atoms with Crippen LogP contribution < -0.4 is 10.1 Å². The van der Waals surface area contributed by atoms with Gasteiger partial charge < -0.3 is 14.8 Å². The zero-order chi connectivity index (χ0) is 16.1. The molecule has 0 saturated heterocycles. The topological polar surface area (TPSA) is 60.5 Å². The summed E-state index contributed by atoms with van der Waals surface area (Å²) in [5.41, 5.74) is -0.0953. The molecular formula is C13H17F3N2O3. The fraction of sp³-hybridized carbons (Fsp3) is 0.538.